The number of aromatic nitrogens is 1. The molecule has 84 valence electrons. The molecule has 0 atom stereocenters. The predicted molar refractivity (Wildman–Crippen MR) is 54.0 cm³/mol. The summed E-state index contributed by atoms with van der Waals surface area (Å²) in [6.07, 6.45) is -0.901. The van der Waals surface area contributed by atoms with Crippen molar-refractivity contribution in [1.82, 2.24) is 4.98 Å². The van der Waals surface area contributed by atoms with Crippen molar-refractivity contribution in [3.05, 3.63) is 18.3 Å². The van der Waals surface area contributed by atoms with Gasteiger partial charge < -0.3 is 15.8 Å². The maximum absolute atomic E-state index is 11.7. The number of hydrogen-bond acceptors (Lipinski definition) is 4. The minimum Gasteiger partial charge on any atom is -0.397 e. The van der Waals surface area contributed by atoms with Crippen LogP contribution in [0, 0.1) is 0 Å². The van der Waals surface area contributed by atoms with Gasteiger partial charge in [-0.3, -0.25) is 0 Å². The Morgan fingerprint density at radius 1 is 1.47 bits per heavy atom. The van der Waals surface area contributed by atoms with Crippen molar-refractivity contribution in [2.45, 2.75) is 6.43 Å². The van der Waals surface area contributed by atoms with E-state index in [-0.39, 0.29) is 6.61 Å². The molecule has 1 aromatic rings. The van der Waals surface area contributed by atoms with Gasteiger partial charge in [0.25, 0.3) is 6.43 Å². The molecule has 0 bridgehead atoms. The number of halogens is 2. The zero-order valence-electron chi connectivity index (χ0n) is 8.12. The van der Waals surface area contributed by atoms with E-state index in [2.05, 4.69) is 15.0 Å². The van der Waals surface area contributed by atoms with E-state index in [1.54, 1.807) is 12.1 Å². The number of nitrogens with one attached hydrogen (secondary N) is 1. The number of nitrogen functional groups attached to an aromatic ring is 1. The average molecular weight is 217 g/mol. The number of ether oxygens (including phenoxy) is 1. The summed E-state index contributed by atoms with van der Waals surface area (Å²) >= 11 is 0. The molecular formula is C9H13F2N3O. The van der Waals surface area contributed by atoms with Gasteiger partial charge in [0, 0.05) is 6.54 Å². The smallest absolute Gasteiger partial charge is 0.261 e. The van der Waals surface area contributed by atoms with Crippen LogP contribution in [0.15, 0.2) is 18.3 Å². The zero-order chi connectivity index (χ0) is 11.1. The van der Waals surface area contributed by atoms with Gasteiger partial charge >= 0.3 is 0 Å². The van der Waals surface area contributed by atoms with Crippen molar-refractivity contribution in [2.75, 3.05) is 30.8 Å². The van der Waals surface area contributed by atoms with E-state index in [1.165, 1.54) is 6.20 Å². The highest BCUT2D eigenvalue weighted by atomic mass is 19.3. The van der Waals surface area contributed by atoms with Gasteiger partial charge in [0.2, 0.25) is 0 Å². The van der Waals surface area contributed by atoms with Crippen LogP contribution in [-0.2, 0) is 4.74 Å². The molecule has 0 aliphatic carbocycles. The molecular weight excluding hydrogens is 204 g/mol. The van der Waals surface area contributed by atoms with Crippen LogP contribution in [0.5, 0.6) is 0 Å². The first kappa shape index (κ1) is 11.6. The van der Waals surface area contributed by atoms with Gasteiger partial charge in [0.15, 0.2) is 0 Å². The summed E-state index contributed by atoms with van der Waals surface area (Å²) in [7, 11) is 0. The minimum atomic E-state index is -2.42. The van der Waals surface area contributed by atoms with Crippen molar-refractivity contribution in [3.63, 3.8) is 0 Å². The quantitative estimate of drug-likeness (QED) is 0.706. The summed E-state index contributed by atoms with van der Waals surface area (Å²) in [5.41, 5.74) is 6.02. The molecule has 0 spiro atoms. The molecule has 0 unspecified atom stereocenters. The van der Waals surface area contributed by atoms with Crippen LogP contribution in [0.3, 0.4) is 0 Å². The Bertz CT molecular complexity index is 279. The lowest BCUT2D eigenvalue weighted by molar-refractivity contribution is 0.0215. The Hall–Kier alpha value is -1.43. The Labute approximate surface area is 86.4 Å². The zero-order valence-corrected chi connectivity index (χ0v) is 8.12. The highest BCUT2D eigenvalue weighted by Gasteiger charge is 2.00. The SMILES string of the molecule is Nc1ccc(NCCOCC(F)F)nc1. The predicted octanol–water partition coefficient (Wildman–Crippen LogP) is 1.36. The Morgan fingerprint density at radius 3 is 2.87 bits per heavy atom. The first-order chi connectivity index (χ1) is 7.18. The maximum atomic E-state index is 11.7. The van der Waals surface area contributed by atoms with E-state index < -0.39 is 13.0 Å². The molecule has 3 N–H and O–H groups in total. The molecule has 0 fully saturated rings. The van der Waals surface area contributed by atoms with Crippen LogP contribution in [-0.4, -0.2) is 31.2 Å². The molecule has 0 radical (unpaired) electrons. The van der Waals surface area contributed by atoms with Crippen molar-refractivity contribution in [2.24, 2.45) is 0 Å². The highest BCUT2D eigenvalue weighted by molar-refractivity contribution is 5.43. The van der Waals surface area contributed by atoms with Crippen molar-refractivity contribution in [1.29, 1.82) is 0 Å². The molecule has 0 amide bonds. The van der Waals surface area contributed by atoms with Gasteiger partial charge in [-0.15, -0.1) is 0 Å². The first-order valence-corrected chi connectivity index (χ1v) is 4.50. The van der Waals surface area contributed by atoms with Gasteiger partial charge in [0.05, 0.1) is 18.5 Å². The molecule has 4 nitrogen and oxygen atoms in total. The molecule has 0 saturated heterocycles. The molecule has 1 aromatic heterocycles. The van der Waals surface area contributed by atoms with Gasteiger partial charge in [-0.1, -0.05) is 0 Å². The van der Waals surface area contributed by atoms with Gasteiger partial charge in [-0.2, -0.15) is 0 Å². The summed E-state index contributed by atoms with van der Waals surface area (Å²) < 4.78 is 28.0. The number of anilines is 2. The van der Waals surface area contributed by atoms with Crippen LogP contribution in [0.2, 0.25) is 0 Å². The molecule has 0 aromatic carbocycles. The van der Waals surface area contributed by atoms with Crippen LogP contribution in [0.4, 0.5) is 20.3 Å². The number of alkyl halides is 2. The lowest BCUT2D eigenvalue weighted by Crippen LogP contribution is -2.13. The average Bonchev–Trinajstić information content (AvgIpc) is 2.20. The van der Waals surface area contributed by atoms with Crippen molar-refractivity contribution in [3.8, 4) is 0 Å². The van der Waals surface area contributed by atoms with Crippen LogP contribution < -0.4 is 11.1 Å². The highest BCUT2D eigenvalue weighted by Crippen LogP contribution is 2.04. The molecule has 15 heavy (non-hydrogen) atoms. The van der Waals surface area contributed by atoms with E-state index in [1.807, 2.05) is 0 Å². The summed E-state index contributed by atoms with van der Waals surface area (Å²) in [5, 5.41) is 2.91. The topological polar surface area (TPSA) is 60.2 Å². The molecule has 1 rings (SSSR count). The molecule has 6 heteroatoms. The molecule has 0 saturated carbocycles. The minimum absolute atomic E-state index is 0.219. The summed E-state index contributed by atoms with van der Waals surface area (Å²) in [5.74, 6) is 0.643. The maximum Gasteiger partial charge on any atom is 0.261 e. The Balaban J connectivity index is 2.12. The summed E-state index contributed by atoms with van der Waals surface area (Å²) in [6, 6.07) is 3.41. The van der Waals surface area contributed by atoms with Crippen LogP contribution in [0.25, 0.3) is 0 Å². The Kier molecular flexibility index (Phi) is 4.76. The number of rotatable bonds is 6. The van der Waals surface area contributed by atoms with Crippen LogP contribution in [0.1, 0.15) is 0 Å². The van der Waals surface area contributed by atoms with Gasteiger partial charge in [-0.25, -0.2) is 13.8 Å². The number of pyridine rings is 1. The van der Waals surface area contributed by atoms with Crippen molar-refractivity contribution >= 4 is 11.5 Å². The lowest BCUT2D eigenvalue weighted by atomic mass is 10.4. The third-order valence-corrected chi connectivity index (χ3v) is 1.58. The summed E-state index contributed by atoms with van der Waals surface area (Å²) in [4.78, 5) is 3.97. The first-order valence-electron chi connectivity index (χ1n) is 4.50. The fourth-order valence-corrected chi connectivity index (χ4v) is 0.934. The molecule has 0 aliphatic rings. The van der Waals surface area contributed by atoms with Gasteiger partial charge in [-0.05, 0) is 12.1 Å². The fourth-order valence-electron chi connectivity index (χ4n) is 0.934. The van der Waals surface area contributed by atoms with Crippen molar-refractivity contribution < 1.29 is 13.5 Å². The standard InChI is InChI=1S/C9H13F2N3O/c10-8(11)6-15-4-3-13-9-2-1-7(12)5-14-9/h1-2,5,8H,3-4,6,12H2,(H,13,14). The number of hydrogen-bond donors (Lipinski definition) is 2. The van der Waals surface area contributed by atoms with Gasteiger partial charge in [0.1, 0.15) is 12.4 Å². The summed E-state index contributed by atoms with van der Waals surface area (Å²) in [6.45, 7) is 0.122. The van der Waals surface area contributed by atoms with E-state index in [0.717, 1.165) is 0 Å². The second-order valence-corrected chi connectivity index (χ2v) is 2.87. The monoisotopic (exact) mass is 217 g/mol. The Morgan fingerprint density at radius 2 is 2.27 bits per heavy atom. The third-order valence-electron chi connectivity index (χ3n) is 1.58. The van der Waals surface area contributed by atoms with E-state index in [9.17, 15) is 8.78 Å². The second kappa shape index (κ2) is 6.13. The largest absolute Gasteiger partial charge is 0.397 e. The molecule has 0 aliphatic heterocycles. The normalized spacial score (nSPS) is 10.6. The number of nitrogens with zero attached hydrogens (tertiary/aromatic N) is 1. The van der Waals surface area contributed by atoms with E-state index >= 15 is 0 Å². The number of nitrogens with two attached hydrogens (primary N) is 1. The third kappa shape index (κ3) is 5.11. The van der Waals surface area contributed by atoms with Crippen LogP contribution >= 0.6 is 0 Å². The molecule has 1 heterocycles. The fraction of sp³-hybridized carbons (Fsp3) is 0.444. The lowest BCUT2D eigenvalue weighted by Gasteiger charge is -2.06. The second-order valence-electron chi connectivity index (χ2n) is 2.87. The van der Waals surface area contributed by atoms with E-state index in [0.29, 0.717) is 18.1 Å². The van der Waals surface area contributed by atoms with E-state index in [4.69, 9.17) is 5.73 Å².